The Morgan fingerprint density at radius 2 is 2.05 bits per heavy atom. The number of rotatable bonds is 4. The molecule has 0 bridgehead atoms. The minimum absolute atomic E-state index is 0.192. The molecule has 0 aliphatic heterocycles. The van der Waals surface area contributed by atoms with Gasteiger partial charge >= 0.3 is 0 Å². The molecule has 0 saturated carbocycles. The maximum Gasteiger partial charge on any atom is 0.244 e. The van der Waals surface area contributed by atoms with E-state index in [-0.39, 0.29) is 11.4 Å². The highest BCUT2D eigenvalue weighted by Crippen LogP contribution is 2.29. The van der Waals surface area contributed by atoms with E-state index in [1.807, 2.05) is 6.07 Å². The molecule has 0 spiro atoms. The quantitative estimate of drug-likeness (QED) is 0.805. The molecular formula is C12H12BrClN2O2S2. The Bertz CT molecular complexity index is 731. The van der Waals surface area contributed by atoms with Crippen LogP contribution in [0.4, 0.5) is 5.69 Å². The van der Waals surface area contributed by atoms with Gasteiger partial charge in [-0.25, -0.2) is 8.42 Å². The SMILES string of the molecule is CN(Cc1ccc(Cl)s1)S(=O)(=O)c1ccc(N)cc1Br. The van der Waals surface area contributed by atoms with Crippen molar-refractivity contribution in [1.29, 1.82) is 0 Å². The van der Waals surface area contributed by atoms with Crippen LogP contribution in [-0.2, 0) is 16.6 Å². The third-order valence-electron chi connectivity index (χ3n) is 2.65. The standard InChI is InChI=1S/C12H12BrClN2O2S2/c1-16(7-9-3-5-12(14)19-9)20(17,18)11-4-2-8(15)6-10(11)13/h2-6H,7,15H2,1H3. The molecule has 1 aromatic carbocycles. The van der Waals surface area contributed by atoms with Crippen LogP contribution in [0.5, 0.6) is 0 Å². The predicted octanol–water partition coefficient (Wildman–Crippen LogP) is 3.57. The first-order valence-corrected chi connectivity index (χ1v) is 8.99. The van der Waals surface area contributed by atoms with Crippen molar-refractivity contribution in [3.63, 3.8) is 0 Å². The van der Waals surface area contributed by atoms with Crippen LogP contribution in [0.2, 0.25) is 4.34 Å². The van der Waals surface area contributed by atoms with E-state index in [2.05, 4.69) is 15.9 Å². The Morgan fingerprint density at radius 1 is 1.35 bits per heavy atom. The van der Waals surface area contributed by atoms with Gasteiger partial charge in [0.25, 0.3) is 0 Å². The van der Waals surface area contributed by atoms with Crippen LogP contribution in [0.1, 0.15) is 4.88 Å². The van der Waals surface area contributed by atoms with Gasteiger partial charge in [-0.1, -0.05) is 11.6 Å². The molecule has 0 aliphatic carbocycles. The zero-order valence-electron chi connectivity index (χ0n) is 10.5. The fourth-order valence-corrected chi connectivity index (χ4v) is 5.06. The van der Waals surface area contributed by atoms with Crippen molar-refractivity contribution in [2.45, 2.75) is 11.4 Å². The Balaban J connectivity index is 2.29. The van der Waals surface area contributed by atoms with Gasteiger partial charge in [0.1, 0.15) is 0 Å². The minimum atomic E-state index is -3.58. The van der Waals surface area contributed by atoms with Crippen molar-refractivity contribution < 1.29 is 8.42 Å². The average molecular weight is 396 g/mol. The fraction of sp³-hybridized carbons (Fsp3) is 0.167. The summed E-state index contributed by atoms with van der Waals surface area (Å²) >= 11 is 10.4. The van der Waals surface area contributed by atoms with Gasteiger partial charge < -0.3 is 5.73 Å². The number of benzene rings is 1. The second-order valence-corrected chi connectivity index (χ2v) is 8.82. The first kappa shape index (κ1) is 15.8. The van der Waals surface area contributed by atoms with Gasteiger partial charge in [0.15, 0.2) is 0 Å². The topological polar surface area (TPSA) is 63.4 Å². The van der Waals surface area contributed by atoms with Crippen LogP contribution in [0.25, 0.3) is 0 Å². The monoisotopic (exact) mass is 394 g/mol. The van der Waals surface area contributed by atoms with E-state index >= 15 is 0 Å². The molecule has 0 fully saturated rings. The summed E-state index contributed by atoms with van der Waals surface area (Å²) < 4.78 is 27.4. The molecule has 1 aromatic heterocycles. The van der Waals surface area contributed by atoms with Gasteiger partial charge in [-0.05, 0) is 46.3 Å². The molecule has 108 valence electrons. The summed E-state index contributed by atoms with van der Waals surface area (Å²) in [5, 5.41) is 0. The molecule has 0 saturated heterocycles. The van der Waals surface area contributed by atoms with E-state index in [9.17, 15) is 8.42 Å². The number of halogens is 2. The molecule has 1 heterocycles. The minimum Gasteiger partial charge on any atom is -0.399 e. The Morgan fingerprint density at radius 3 is 2.60 bits per heavy atom. The number of hydrogen-bond acceptors (Lipinski definition) is 4. The highest BCUT2D eigenvalue weighted by molar-refractivity contribution is 9.10. The number of sulfonamides is 1. The number of anilines is 1. The zero-order valence-corrected chi connectivity index (χ0v) is 14.5. The molecule has 0 aliphatic rings. The zero-order chi connectivity index (χ0) is 14.9. The van der Waals surface area contributed by atoms with Crippen molar-refractivity contribution in [2.24, 2.45) is 0 Å². The lowest BCUT2D eigenvalue weighted by molar-refractivity contribution is 0.469. The summed E-state index contributed by atoms with van der Waals surface area (Å²) in [5.41, 5.74) is 6.13. The third-order valence-corrected chi connectivity index (χ3v) is 6.65. The Hall–Kier alpha value is -0.600. The molecule has 0 unspecified atom stereocenters. The summed E-state index contributed by atoms with van der Waals surface area (Å²) in [7, 11) is -2.05. The molecular weight excluding hydrogens is 384 g/mol. The normalized spacial score (nSPS) is 12.0. The Labute approximate surface area is 135 Å². The summed E-state index contributed by atoms with van der Waals surface area (Å²) in [6.07, 6.45) is 0. The molecule has 2 rings (SSSR count). The molecule has 20 heavy (non-hydrogen) atoms. The molecule has 2 aromatic rings. The average Bonchev–Trinajstić information content (AvgIpc) is 2.74. The number of nitrogen functional groups attached to an aromatic ring is 1. The van der Waals surface area contributed by atoms with Gasteiger partial charge in [0.2, 0.25) is 10.0 Å². The number of hydrogen-bond donors (Lipinski definition) is 1. The second kappa shape index (κ2) is 6.03. The van der Waals surface area contributed by atoms with Crippen molar-refractivity contribution in [2.75, 3.05) is 12.8 Å². The third kappa shape index (κ3) is 3.35. The van der Waals surface area contributed by atoms with Crippen LogP contribution in [0.3, 0.4) is 0 Å². The summed E-state index contributed by atoms with van der Waals surface area (Å²) in [6, 6.07) is 8.20. The maximum atomic E-state index is 12.5. The molecule has 0 radical (unpaired) electrons. The predicted molar refractivity (Wildman–Crippen MR) is 86.5 cm³/mol. The second-order valence-electron chi connectivity index (χ2n) is 4.16. The largest absolute Gasteiger partial charge is 0.399 e. The first-order chi connectivity index (χ1) is 9.30. The molecule has 2 N–H and O–H groups in total. The first-order valence-electron chi connectivity index (χ1n) is 5.56. The van der Waals surface area contributed by atoms with Crippen molar-refractivity contribution in [1.82, 2.24) is 4.31 Å². The van der Waals surface area contributed by atoms with Gasteiger partial charge in [-0.15, -0.1) is 11.3 Å². The molecule has 8 heteroatoms. The fourth-order valence-electron chi connectivity index (χ4n) is 1.64. The van der Waals surface area contributed by atoms with Gasteiger partial charge in [0.05, 0.1) is 9.23 Å². The summed E-state index contributed by atoms with van der Waals surface area (Å²) in [4.78, 5) is 1.07. The van der Waals surface area contributed by atoms with Crippen molar-refractivity contribution >= 4 is 54.6 Å². The highest BCUT2D eigenvalue weighted by Gasteiger charge is 2.23. The summed E-state index contributed by atoms with van der Waals surface area (Å²) in [5.74, 6) is 0. The van der Waals surface area contributed by atoms with Crippen LogP contribution in [0.15, 0.2) is 39.7 Å². The maximum absolute atomic E-state index is 12.5. The van der Waals surface area contributed by atoms with Crippen LogP contribution in [0, 0.1) is 0 Å². The lowest BCUT2D eigenvalue weighted by Crippen LogP contribution is -2.26. The van der Waals surface area contributed by atoms with E-state index in [1.54, 1.807) is 18.2 Å². The number of thiophene rings is 1. The lowest BCUT2D eigenvalue weighted by Gasteiger charge is -2.17. The lowest BCUT2D eigenvalue weighted by atomic mass is 10.3. The van der Waals surface area contributed by atoms with E-state index in [4.69, 9.17) is 17.3 Å². The number of nitrogens with two attached hydrogens (primary N) is 1. The van der Waals surface area contributed by atoms with Crippen molar-refractivity contribution in [3.05, 3.63) is 44.0 Å². The van der Waals surface area contributed by atoms with Gasteiger partial charge in [0, 0.05) is 28.6 Å². The molecule has 4 nitrogen and oxygen atoms in total. The van der Waals surface area contributed by atoms with E-state index in [1.165, 1.54) is 28.8 Å². The van der Waals surface area contributed by atoms with E-state index < -0.39 is 10.0 Å². The Kier molecular flexibility index (Phi) is 4.76. The molecule has 0 amide bonds. The van der Waals surface area contributed by atoms with E-state index in [0.717, 1.165) is 4.88 Å². The summed E-state index contributed by atoms with van der Waals surface area (Å²) in [6.45, 7) is 0.274. The smallest absolute Gasteiger partial charge is 0.244 e. The van der Waals surface area contributed by atoms with Gasteiger partial charge in [-0.2, -0.15) is 4.31 Å². The molecule has 0 atom stereocenters. The number of nitrogens with zero attached hydrogens (tertiary/aromatic N) is 1. The van der Waals surface area contributed by atoms with Crippen LogP contribution >= 0.6 is 38.9 Å². The van der Waals surface area contributed by atoms with Crippen molar-refractivity contribution in [3.8, 4) is 0 Å². The van der Waals surface area contributed by atoms with Crippen LogP contribution < -0.4 is 5.73 Å². The van der Waals surface area contributed by atoms with Gasteiger partial charge in [-0.3, -0.25) is 0 Å². The van der Waals surface area contributed by atoms with Crippen LogP contribution in [-0.4, -0.2) is 19.8 Å². The highest BCUT2D eigenvalue weighted by atomic mass is 79.9. The van der Waals surface area contributed by atoms with E-state index in [0.29, 0.717) is 14.5 Å².